The van der Waals surface area contributed by atoms with Gasteiger partial charge in [-0.3, -0.25) is 15.2 Å². The summed E-state index contributed by atoms with van der Waals surface area (Å²) in [5.74, 6) is 1.78. The average Bonchev–Trinajstić information content (AvgIpc) is 3.33. The van der Waals surface area contributed by atoms with Crippen LogP contribution < -0.4 is 5.32 Å². The number of hydrogen-bond donors (Lipinski definition) is 2. The van der Waals surface area contributed by atoms with Crippen LogP contribution in [0.3, 0.4) is 0 Å². The van der Waals surface area contributed by atoms with Crippen LogP contribution in [0.5, 0.6) is 0 Å². The third-order valence-electron chi connectivity index (χ3n) is 3.47. The lowest BCUT2D eigenvalue weighted by Gasteiger charge is -1.98. The molecule has 2 heterocycles. The minimum absolute atomic E-state index is 0.143. The second-order valence-corrected chi connectivity index (χ2v) is 8.79. The maximum absolute atomic E-state index is 12.1. The number of anilines is 1. The largest absolute Gasteiger partial charge is 0.300 e. The lowest BCUT2D eigenvalue weighted by atomic mass is 10.2. The molecule has 1 aromatic carbocycles. The van der Waals surface area contributed by atoms with E-state index in [0.717, 1.165) is 35.2 Å². The Labute approximate surface area is 170 Å². The third-order valence-corrected chi connectivity index (χ3v) is 6.36. The molecule has 2 aromatic heterocycles. The molecule has 0 saturated carbocycles. The van der Waals surface area contributed by atoms with Gasteiger partial charge in [0.05, 0.1) is 5.75 Å². The van der Waals surface area contributed by atoms with Gasteiger partial charge in [-0.05, 0) is 12.0 Å². The van der Waals surface area contributed by atoms with Gasteiger partial charge in [0.2, 0.25) is 16.2 Å². The van der Waals surface area contributed by atoms with Crippen molar-refractivity contribution in [2.45, 2.75) is 41.4 Å². The molecular formula is C17H20N6OS3. The topological polar surface area (TPSA) is 96.5 Å². The minimum atomic E-state index is -0.143. The Morgan fingerprint density at radius 3 is 2.89 bits per heavy atom. The lowest BCUT2D eigenvalue weighted by Crippen LogP contribution is -2.13. The highest BCUT2D eigenvalue weighted by atomic mass is 32.2. The van der Waals surface area contributed by atoms with Crippen LogP contribution in [0.4, 0.5) is 5.13 Å². The SMILES string of the molecule is CCCCc1nc(SCC(=O)Nc2nnc(SCc3ccccc3)s2)n[nH]1. The summed E-state index contributed by atoms with van der Waals surface area (Å²) in [4.78, 5) is 16.5. The van der Waals surface area contributed by atoms with Crippen molar-refractivity contribution in [1.82, 2.24) is 25.4 Å². The van der Waals surface area contributed by atoms with Crippen molar-refractivity contribution in [2.75, 3.05) is 11.1 Å². The molecule has 0 aliphatic rings. The Morgan fingerprint density at radius 1 is 1.22 bits per heavy atom. The molecule has 0 atom stereocenters. The standard InChI is InChI=1S/C17H20N6OS3/c1-2-3-9-13-18-15(21-20-13)25-11-14(24)19-16-22-23-17(27-16)26-10-12-7-5-4-6-8-12/h4-8H,2-3,9-11H2,1H3,(H,18,20,21)(H,19,22,24). The molecule has 27 heavy (non-hydrogen) atoms. The molecule has 0 fully saturated rings. The number of rotatable bonds is 10. The van der Waals surface area contributed by atoms with Crippen LogP contribution >= 0.6 is 34.9 Å². The number of unbranched alkanes of at least 4 members (excludes halogenated alkanes) is 1. The zero-order valence-corrected chi connectivity index (χ0v) is 17.3. The number of nitrogens with one attached hydrogen (secondary N) is 2. The van der Waals surface area contributed by atoms with Gasteiger partial charge in [0.1, 0.15) is 5.82 Å². The van der Waals surface area contributed by atoms with Crippen LogP contribution in [0.25, 0.3) is 0 Å². The molecule has 0 aliphatic carbocycles. The highest BCUT2D eigenvalue weighted by Gasteiger charge is 2.11. The van der Waals surface area contributed by atoms with Crippen molar-refractivity contribution in [3.63, 3.8) is 0 Å². The molecule has 0 bridgehead atoms. The molecule has 0 radical (unpaired) electrons. The maximum Gasteiger partial charge on any atom is 0.236 e. The number of benzene rings is 1. The predicted octanol–water partition coefficient (Wildman–Crippen LogP) is 4.02. The maximum atomic E-state index is 12.1. The van der Waals surface area contributed by atoms with E-state index in [-0.39, 0.29) is 11.7 Å². The molecule has 3 rings (SSSR count). The van der Waals surface area contributed by atoms with Crippen molar-refractivity contribution < 1.29 is 4.79 Å². The van der Waals surface area contributed by atoms with Crippen LogP contribution in [0, 0.1) is 0 Å². The first-order valence-electron chi connectivity index (χ1n) is 8.57. The molecule has 0 saturated heterocycles. The Bertz CT molecular complexity index is 851. The van der Waals surface area contributed by atoms with E-state index in [1.807, 2.05) is 18.2 Å². The zero-order valence-electron chi connectivity index (χ0n) is 14.8. The van der Waals surface area contributed by atoms with Crippen molar-refractivity contribution in [3.05, 3.63) is 41.7 Å². The van der Waals surface area contributed by atoms with E-state index in [1.54, 1.807) is 11.8 Å². The van der Waals surface area contributed by atoms with E-state index >= 15 is 0 Å². The molecule has 2 N–H and O–H groups in total. The van der Waals surface area contributed by atoms with E-state index in [9.17, 15) is 4.79 Å². The summed E-state index contributed by atoms with van der Waals surface area (Å²) in [5, 5.41) is 19.1. The Kier molecular flexibility index (Phi) is 7.66. The first kappa shape index (κ1) is 19.8. The van der Waals surface area contributed by atoms with E-state index < -0.39 is 0 Å². The Morgan fingerprint density at radius 2 is 2.07 bits per heavy atom. The smallest absolute Gasteiger partial charge is 0.236 e. The fourth-order valence-electron chi connectivity index (χ4n) is 2.12. The molecule has 1 amide bonds. The molecule has 0 unspecified atom stereocenters. The van der Waals surface area contributed by atoms with Gasteiger partial charge in [0.15, 0.2) is 4.34 Å². The zero-order chi connectivity index (χ0) is 18.9. The van der Waals surface area contributed by atoms with Crippen molar-refractivity contribution in [1.29, 1.82) is 0 Å². The van der Waals surface area contributed by atoms with Crippen LogP contribution in [0.15, 0.2) is 39.8 Å². The summed E-state index contributed by atoms with van der Waals surface area (Å²) >= 11 is 4.28. The summed E-state index contributed by atoms with van der Waals surface area (Å²) in [6, 6.07) is 10.2. The first-order chi connectivity index (χ1) is 13.2. The number of aromatic nitrogens is 5. The van der Waals surface area contributed by atoms with E-state index in [0.29, 0.717) is 10.3 Å². The van der Waals surface area contributed by atoms with Crippen molar-refractivity contribution in [3.8, 4) is 0 Å². The number of nitrogens with zero attached hydrogens (tertiary/aromatic N) is 4. The fraction of sp³-hybridized carbons (Fsp3) is 0.353. The highest BCUT2D eigenvalue weighted by molar-refractivity contribution is 8.00. The van der Waals surface area contributed by atoms with Gasteiger partial charge < -0.3 is 0 Å². The van der Waals surface area contributed by atoms with Gasteiger partial charge in [-0.15, -0.1) is 15.3 Å². The lowest BCUT2D eigenvalue weighted by molar-refractivity contribution is -0.113. The molecular weight excluding hydrogens is 400 g/mol. The second kappa shape index (κ2) is 10.4. The van der Waals surface area contributed by atoms with Crippen LogP contribution in [-0.4, -0.2) is 37.0 Å². The Balaban J connectivity index is 1.41. The molecule has 0 spiro atoms. The van der Waals surface area contributed by atoms with E-state index in [2.05, 4.69) is 49.8 Å². The highest BCUT2D eigenvalue weighted by Crippen LogP contribution is 2.28. The number of H-pyrrole nitrogens is 1. The van der Waals surface area contributed by atoms with Gasteiger partial charge >= 0.3 is 0 Å². The predicted molar refractivity (Wildman–Crippen MR) is 110 cm³/mol. The van der Waals surface area contributed by atoms with Gasteiger partial charge in [-0.2, -0.15) is 0 Å². The number of amides is 1. The van der Waals surface area contributed by atoms with Gasteiger partial charge in [0.25, 0.3) is 0 Å². The third kappa shape index (κ3) is 6.64. The first-order valence-corrected chi connectivity index (χ1v) is 11.4. The summed E-state index contributed by atoms with van der Waals surface area (Å²) < 4.78 is 0.830. The fourth-order valence-corrected chi connectivity index (χ4v) is 4.46. The summed E-state index contributed by atoms with van der Waals surface area (Å²) in [5.41, 5.74) is 1.23. The number of aromatic amines is 1. The van der Waals surface area contributed by atoms with Gasteiger partial charge in [-0.1, -0.05) is 78.5 Å². The van der Waals surface area contributed by atoms with Gasteiger partial charge in [-0.25, -0.2) is 4.98 Å². The molecule has 10 heteroatoms. The number of carbonyl (C=O) groups excluding carboxylic acids is 1. The molecule has 0 aliphatic heterocycles. The number of thioether (sulfide) groups is 2. The van der Waals surface area contributed by atoms with Gasteiger partial charge in [0, 0.05) is 12.2 Å². The number of aryl methyl sites for hydroxylation is 1. The number of carbonyl (C=O) groups is 1. The Hall–Kier alpha value is -1.91. The summed E-state index contributed by atoms with van der Waals surface area (Å²) in [6.45, 7) is 2.13. The van der Waals surface area contributed by atoms with Crippen LogP contribution in [0.2, 0.25) is 0 Å². The second-order valence-electron chi connectivity index (χ2n) is 5.65. The van der Waals surface area contributed by atoms with E-state index in [1.165, 1.54) is 28.7 Å². The number of hydrogen-bond acceptors (Lipinski definition) is 8. The summed E-state index contributed by atoms with van der Waals surface area (Å²) in [7, 11) is 0. The normalized spacial score (nSPS) is 10.9. The minimum Gasteiger partial charge on any atom is -0.300 e. The van der Waals surface area contributed by atoms with Crippen molar-refractivity contribution >= 4 is 45.9 Å². The van der Waals surface area contributed by atoms with Crippen LogP contribution in [0.1, 0.15) is 31.2 Å². The van der Waals surface area contributed by atoms with Crippen LogP contribution in [-0.2, 0) is 17.0 Å². The monoisotopic (exact) mass is 420 g/mol. The average molecular weight is 421 g/mol. The molecule has 7 nitrogen and oxygen atoms in total. The van der Waals surface area contributed by atoms with Crippen molar-refractivity contribution in [2.24, 2.45) is 0 Å². The molecule has 142 valence electrons. The quantitative estimate of drug-likeness (QED) is 0.378. The van der Waals surface area contributed by atoms with E-state index in [4.69, 9.17) is 0 Å². The summed E-state index contributed by atoms with van der Waals surface area (Å²) in [6.07, 6.45) is 3.06. The molecule has 3 aromatic rings.